The molecule has 0 spiro atoms. The molecule has 1 aromatic carbocycles. The molecule has 2 aromatic heterocycles. The van der Waals surface area contributed by atoms with E-state index in [0.717, 1.165) is 17.7 Å². The van der Waals surface area contributed by atoms with Gasteiger partial charge in [-0.15, -0.1) is 0 Å². The predicted octanol–water partition coefficient (Wildman–Crippen LogP) is 3.55. The summed E-state index contributed by atoms with van der Waals surface area (Å²) >= 11 is 0. The molecule has 6 nitrogen and oxygen atoms in total. The van der Waals surface area contributed by atoms with Crippen LogP contribution in [-0.4, -0.2) is 39.4 Å². The van der Waals surface area contributed by atoms with E-state index >= 15 is 0 Å². The fourth-order valence-corrected chi connectivity index (χ4v) is 2.67. The maximum Gasteiger partial charge on any atom is 0.272 e. The molecule has 0 aliphatic carbocycles. The first-order valence-electron chi connectivity index (χ1n) is 8.85. The summed E-state index contributed by atoms with van der Waals surface area (Å²) in [7, 11) is 1.79. The topological polar surface area (TPSA) is 71.0 Å². The van der Waals surface area contributed by atoms with Crippen molar-refractivity contribution in [1.82, 2.24) is 19.9 Å². The van der Waals surface area contributed by atoms with Crippen LogP contribution in [0.2, 0.25) is 0 Å². The molecule has 3 aromatic rings. The molecule has 0 saturated heterocycles. The fraction of sp³-hybridized carbons (Fsp3) is 0.238. The van der Waals surface area contributed by atoms with E-state index in [1.807, 2.05) is 43.3 Å². The number of nitrogens with zero attached hydrogens (tertiary/aromatic N) is 4. The number of hydrogen-bond acceptors (Lipinski definition) is 5. The Morgan fingerprint density at radius 3 is 2.44 bits per heavy atom. The first-order chi connectivity index (χ1) is 13.0. The Kier molecular flexibility index (Phi) is 5.76. The SMILES string of the molecule is Cc1ccc(Nc2cc(C(=O)N(C)CCc3ccncc3)nc(C)n2)cc1. The average Bonchev–Trinajstić information content (AvgIpc) is 2.67. The van der Waals surface area contributed by atoms with Gasteiger partial charge in [-0.1, -0.05) is 17.7 Å². The summed E-state index contributed by atoms with van der Waals surface area (Å²) in [5.41, 5.74) is 3.63. The molecule has 138 valence electrons. The van der Waals surface area contributed by atoms with Crippen LogP contribution < -0.4 is 5.32 Å². The van der Waals surface area contributed by atoms with Crippen molar-refractivity contribution in [3.05, 3.63) is 77.5 Å². The maximum absolute atomic E-state index is 12.8. The van der Waals surface area contributed by atoms with Crippen LogP contribution in [0.25, 0.3) is 0 Å². The maximum atomic E-state index is 12.8. The van der Waals surface area contributed by atoms with E-state index < -0.39 is 0 Å². The highest BCUT2D eigenvalue weighted by Crippen LogP contribution is 2.17. The molecule has 0 aliphatic rings. The van der Waals surface area contributed by atoms with Crippen LogP contribution >= 0.6 is 0 Å². The molecule has 0 bridgehead atoms. The van der Waals surface area contributed by atoms with E-state index in [1.54, 1.807) is 37.3 Å². The van der Waals surface area contributed by atoms with Crippen molar-refractivity contribution < 1.29 is 4.79 Å². The Morgan fingerprint density at radius 1 is 1.04 bits per heavy atom. The number of likely N-dealkylation sites (N-methyl/N-ethyl adjacent to an activating group) is 1. The minimum absolute atomic E-state index is 0.124. The van der Waals surface area contributed by atoms with Gasteiger partial charge in [0.25, 0.3) is 5.91 Å². The number of amides is 1. The normalized spacial score (nSPS) is 10.5. The van der Waals surface area contributed by atoms with Crippen LogP contribution in [-0.2, 0) is 6.42 Å². The molecule has 1 N–H and O–H groups in total. The fourth-order valence-electron chi connectivity index (χ4n) is 2.67. The highest BCUT2D eigenvalue weighted by atomic mass is 16.2. The summed E-state index contributed by atoms with van der Waals surface area (Å²) in [6.45, 7) is 4.43. The van der Waals surface area contributed by atoms with Gasteiger partial charge in [0.05, 0.1) is 0 Å². The zero-order valence-corrected chi connectivity index (χ0v) is 15.8. The molecule has 6 heteroatoms. The van der Waals surface area contributed by atoms with E-state index in [4.69, 9.17) is 0 Å². The van der Waals surface area contributed by atoms with Gasteiger partial charge in [-0.05, 0) is 50.1 Å². The second kappa shape index (κ2) is 8.40. The molecule has 0 radical (unpaired) electrons. The van der Waals surface area contributed by atoms with Crippen molar-refractivity contribution in [3.8, 4) is 0 Å². The Bertz CT molecular complexity index is 910. The number of benzene rings is 1. The number of pyridine rings is 1. The third kappa shape index (κ3) is 5.10. The van der Waals surface area contributed by atoms with Gasteiger partial charge < -0.3 is 10.2 Å². The predicted molar refractivity (Wildman–Crippen MR) is 106 cm³/mol. The van der Waals surface area contributed by atoms with E-state index in [0.29, 0.717) is 23.9 Å². The Labute approximate surface area is 159 Å². The molecule has 27 heavy (non-hydrogen) atoms. The van der Waals surface area contributed by atoms with Gasteiger partial charge in [0, 0.05) is 37.7 Å². The summed E-state index contributed by atoms with van der Waals surface area (Å²) in [6, 6.07) is 13.6. The first-order valence-corrected chi connectivity index (χ1v) is 8.85. The van der Waals surface area contributed by atoms with E-state index in [1.165, 1.54) is 5.56 Å². The third-order valence-electron chi connectivity index (χ3n) is 4.21. The van der Waals surface area contributed by atoms with E-state index in [2.05, 4.69) is 20.3 Å². The third-order valence-corrected chi connectivity index (χ3v) is 4.21. The number of carbonyl (C=O) groups excluding carboxylic acids is 1. The number of rotatable bonds is 6. The van der Waals surface area contributed by atoms with Crippen molar-refractivity contribution in [2.75, 3.05) is 18.9 Å². The van der Waals surface area contributed by atoms with Crippen LogP contribution in [0.3, 0.4) is 0 Å². The first kappa shape index (κ1) is 18.5. The molecule has 2 heterocycles. The zero-order valence-electron chi connectivity index (χ0n) is 15.8. The number of aromatic nitrogens is 3. The largest absolute Gasteiger partial charge is 0.340 e. The number of anilines is 2. The highest BCUT2D eigenvalue weighted by molar-refractivity contribution is 5.93. The molecule has 0 fully saturated rings. The lowest BCUT2D eigenvalue weighted by atomic mass is 10.2. The van der Waals surface area contributed by atoms with Gasteiger partial charge in [-0.2, -0.15) is 0 Å². The molecule has 0 atom stereocenters. The summed E-state index contributed by atoms with van der Waals surface area (Å²) in [6.07, 6.45) is 4.28. The molecular formula is C21H23N5O. The zero-order chi connectivity index (χ0) is 19.2. The number of carbonyl (C=O) groups is 1. The lowest BCUT2D eigenvalue weighted by molar-refractivity contribution is 0.0790. The van der Waals surface area contributed by atoms with Gasteiger partial charge in [-0.25, -0.2) is 9.97 Å². The van der Waals surface area contributed by atoms with Crippen LogP contribution in [0, 0.1) is 13.8 Å². The summed E-state index contributed by atoms with van der Waals surface area (Å²) in [4.78, 5) is 27.2. The lowest BCUT2D eigenvalue weighted by Gasteiger charge is -2.17. The molecule has 0 saturated carbocycles. The number of hydrogen-bond donors (Lipinski definition) is 1. The monoisotopic (exact) mass is 361 g/mol. The lowest BCUT2D eigenvalue weighted by Crippen LogP contribution is -2.30. The molecule has 0 aliphatic heterocycles. The smallest absolute Gasteiger partial charge is 0.272 e. The highest BCUT2D eigenvalue weighted by Gasteiger charge is 2.15. The molecular weight excluding hydrogens is 338 g/mol. The van der Waals surface area contributed by atoms with Crippen molar-refractivity contribution in [3.63, 3.8) is 0 Å². The van der Waals surface area contributed by atoms with Crippen LogP contribution in [0.1, 0.15) is 27.4 Å². The van der Waals surface area contributed by atoms with Gasteiger partial charge in [-0.3, -0.25) is 9.78 Å². The van der Waals surface area contributed by atoms with Gasteiger partial charge >= 0.3 is 0 Å². The minimum Gasteiger partial charge on any atom is -0.340 e. The van der Waals surface area contributed by atoms with Crippen molar-refractivity contribution in [2.24, 2.45) is 0 Å². The quantitative estimate of drug-likeness (QED) is 0.727. The average molecular weight is 361 g/mol. The second-order valence-electron chi connectivity index (χ2n) is 6.51. The van der Waals surface area contributed by atoms with Crippen LogP contribution in [0.15, 0.2) is 54.9 Å². The summed E-state index contributed by atoms with van der Waals surface area (Å²) in [5.74, 6) is 1.04. The Balaban J connectivity index is 1.70. The Morgan fingerprint density at radius 2 is 1.74 bits per heavy atom. The number of aryl methyl sites for hydroxylation is 2. The second-order valence-corrected chi connectivity index (χ2v) is 6.51. The number of nitrogens with one attached hydrogen (secondary N) is 1. The molecule has 1 amide bonds. The van der Waals surface area contributed by atoms with E-state index in [9.17, 15) is 4.79 Å². The van der Waals surface area contributed by atoms with Crippen LogP contribution in [0.5, 0.6) is 0 Å². The van der Waals surface area contributed by atoms with Gasteiger partial charge in [0.2, 0.25) is 0 Å². The van der Waals surface area contributed by atoms with Crippen LogP contribution in [0.4, 0.5) is 11.5 Å². The Hall–Kier alpha value is -3.28. The minimum atomic E-state index is -0.124. The van der Waals surface area contributed by atoms with Crippen molar-refractivity contribution >= 4 is 17.4 Å². The summed E-state index contributed by atoms with van der Waals surface area (Å²) in [5, 5.41) is 3.24. The molecule has 0 unspecified atom stereocenters. The summed E-state index contributed by atoms with van der Waals surface area (Å²) < 4.78 is 0. The van der Waals surface area contributed by atoms with Gasteiger partial charge in [0.1, 0.15) is 17.3 Å². The standard InChI is InChI=1S/C21H23N5O/c1-15-4-6-18(7-5-15)25-20-14-19(23-16(2)24-20)21(27)26(3)13-10-17-8-11-22-12-9-17/h4-9,11-12,14H,10,13H2,1-3H3,(H,23,24,25). The van der Waals surface area contributed by atoms with Crippen molar-refractivity contribution in [2.45, 2.75) is 20.3 Å². The van der Waals surface area contributed by atoms with E-state index in [-0.39, 0.29) is 5.91 Å². The molecule has 3 rings (SSSR count). The van der Waals surface area contributed by atoms with Gasteiger partial charge in [0.15, 0.2) is 0 Å². The van der Waals surface area contributed by atoms with Crippen molar-refractivity contribution in [1.29, 1.82) is 0 Å².